The minimum Gasteiger partial charge on any atom is -0.453 e. The zero-order valence-corrected chi connectivity index (χ0v) is 56.3. The Bertz CT molecular complexity index is 4050. The Morgan fingerprint density at radius 3 is 1.06 bits per heavy atom. The summed E-state index contributed by atoms with van der Waals surface area (Å²) in [6.45, 7) is 8.48. The molecule has 0 unspecified atom stereocenters. The monoisotopic (exact) mass is 1650 g/mol. The molecule has 356 valence electrons. The average molecular weight is 1660 g/mol. The minimum absolute atomic E-state index is 0.848. The van der Waals surface area contributed by atoms with Crippen molar-refractivity contribution >= 4 is 288 Å². The van der Waals surface area contributed by atoms with E-state index < -0.39 is 0 Å². The molecule has 14 aromatic rings. The number of fused-ring (bicyclic) bond motifs is 12. The van der Waals surface area contributed by atoms with Crippen LogP contribution in [0.1, 0.15) is 22.3 Å². The second kappa shape index (κ2) is 19.1. The highest BCUT2D eigenvalue weighted by atomic mass is 127. The third-order valence-electron chi connectivity index (χ3n) is 12.7. The van der Waals surface area contributed by atoms with E-state index in [1.807, 2.05) is 45.3 Å². The average Bonchev–Trinajstić information content (AvgIpc) is 4.23. The maximum atomic E-state index is 6.49. The molecule has 6 aromatic carbocycles. The molecule has 0 aliphatic heterocycles. The van der Waals surface area contributed by atoms with E-state index in [9.17, 15) is 0 Å². The maximum absolute atomic E-state index is 6.49. The van der Waals surface area contributed by atoms with Gasteiger partial charge in [0.2, 0.25) is 0 Å². The summed E-state index contributed by atoms with van der Waals surface area (Å²) in [7, 11) is 0. The lowest BCUT2D eigenvalue weighted by Gasteiger charge is -2.04. The van der Waals surface area contributed by atoms with Crippen molar-refractivity contribution in [2.24, 2.45) is 0 Å². The lowest BCUT2D eigenvalue weighted by Crippen LogP contribution is -1.82. The first-order chi connectivity index (χ1) is 34.6. The first-order valence-electron chi connectivity index (χ1n) is 22.0. The summed E-state index contributed by atoms with van der Waals surface area (Å²) in [4.78, 5) is 2.66. The Kier molecular flexibility index (Phi) is 13.3. The molecular weight excluding hydrogens is 1630 g/mol. The predicted molar refractivity (Wildman–Crippen MR) is 357 cm³/mol. The highest BCUT2D eigenvalue weighted by molar-refractivity contribution is 14.1. The van der Waals surface area contributed by atoms with Crippen LogP contribution in [0.25, 0.3) is 123 Å². The number of benzene rings is 6. The Morgan fingerprint density at radius 1 is 0.347 bits per heavy atom. The zero-order chi connectivity index (χ0) is 49.8. The summed E-state index contributed by atoms with van der Waals surface area (Å²) >= 11 is 39.1. The SMILES string of the molecule is Cc1ccc(-c2oc3c(sc4cc5c(cc43)sc3c(Br)c(-c4ccc(C)cc4Br)oc35)c2Br)c(Br)c1.Cc1ccc(-c2sc3c(sc4cc5c(cc43)sc3c(Br)c(-c4ccc(C)cc4I)sc35)c2Br)c(I)c1. The van der Waals surface area contributed by atoms with Crippen molar-refractivity contribution in [2.45, 2.75) is 27.7 Å². The second-order valence-electron chi connectivity index (χ2n) is 17.6. The van der Waals surface area contributed by atoms with Crippen molar-refractivity contribution < 1.29 is 8.83 Å². The summed E-state index contributed by atoms with van der Waals surface area (Å²) in [6, 6.07) is 35.4. The number of halogens is 8. The van der Waals surface area contributed by atoms with Crippen LogP contribution < -0.4 is 0 Å². The Morgan fingerprint density at radius 2 is 0.681 bits per heavy atom. The van der Waals surface area contributed by atoms with E-state index >= 15 is 0 Å². The van der Waals surface area contributed by atoms with Crippen molar-refractivity contribution in [3.63, 3.8) is 0 Å². The van der Waals surface area contributed by atoms with Gasteiger partial charge < -0.3 is 8.83 Å². The van der Waals surface area contributed by atoms with E-state index in [0.29, 0.717) is 0 Å². The first kappa shape index (κ1) is 50.0. The van der Waals surface area contributed by atoms with Gasteiger partial charge in [0, 0.05) is 78.7 Å². The van der Waals surface area contributed by atoms with Crippen LogP contribution in [0, 0.1) is 34.8 Å². The number of hydrogen-bond donors (Lipinski definition) is 0. The van der Waals surface area contributed by atoms with Gasteiger partial charge in [-0.25, -0.2) is 0 Å². The van der Waals surface area contributed by atoms with Crippen LogP contribution in [0.3, 0.4) is 0 Å². The van der Waals surface area contributed by atoms with E-state index in [1.165, 1.54) is 108 Å². The zero-order valence-electron chi connectivity index (χ0n) is 37.5. The summed E-state index contributed by atoms with van der Waals surface area (Å²) < 4.78 is 34.9. The van der Waals surface area contributed by atoms with Gasteiger partial charge in [0.25, 0.3) is 0 Å². The van der Waals surface area contributed by atoms with Crippen molar-refractivity contribution in [1.29, 1.82) is 0 Å². The molecule has 72 heavy (non-hydrogen) atoms. The van der Waals surface area contributed by atoms with Crippen LogP contribution in [0.4, 0.5) is 0 Å². The predicted octanol–water partition coefficient (Wildman–Crippen LogP) is 25.8. The molecule has 0 radical (unpaired) electrons. The van der Waals surface area contributed by atoms with Gasteiger partial charge in [0.1, 0.15) is 0 Å². The standard InChI is InChI=1S/C28H14Br4O2S2.C28H14Br2I2S4/c1-11-3-5-13(17(29)7-11)23-21(31)27-25(33-23)15-9-20-16(10-19(15)35-27)26-28(36-20)22(32)24(34-26)14-6-4-12(2)8-18(14)30;1-11-3-5-13(17(31)7-11)23-21(29)27-25(35-23)15-9-20-16(10-19(15)33-27)26-28(34-20)22(30)24(36-26)14-6-4-12(2)8-18(14)32/h2*3-10H,1-2H3. The van der Waals surface area contributed by atoms with E-state index in [-0.39, 0.29) is 0 Å². The van der Waals surface area contributed by atoms with E-state index in [4.69, 9.17) is 8.83 Å². The fourth-order valence-electron chi connectivity index (χ4n) is 9.18. The molecule has 0 fully saturated rings. The molecule has 0 aliphatic rings. The number of aryl methyl sites for hydroxylation is 4. The Labute approximate surface area is 514 Å². The van der Waals surface area contributed by atoms with Crippen molar-refractivity contribution in [3.8, 4) is 43.5 Å². The largest absolute Gasteiger partial charge is 0.453 e. The molecular formula is C56H28Br6I2O2S6. The highest BCUT2D eigenvalue weighted by Crippen LogP contribution is 2.56. The Hall–Kier alpha value is -1.50. The summed E-state index contributed by atoms with van der Waals surface area (Å²) in [5.41, 5.74) is 11.5. The van der Waals surface area contributed by atoms with Gasteiger partial charge in [0.15, 0.2) is 22.7 Å². The molecule has 2 nitrogen and oxygen atoms in total. The van der Waals surface area contributed by atoms with Crippen molar-refractivity contribution in [3.05, 3.63) is 153 Å². The molecule has 0 atom stereocenters. The maximum Gasteiger partial charge on any atom is 0.154 e. The van der Waals surface area contributed by atoms with Crippen LogP contribution in [0.5, 0.6) is 0 Å². The van der Waals surface area contributed by atoms with Gasteiger partial charge in [0.05, 0.1) is 55.8 Å². The first-order valence-corrected chi connectivity index (χ1v) is 33.9. The molecule has 0 N–H and O–H groups in total. The third kappa shape index (κ3) is 8.25. The van der Waals surface area contributed by atoms with Gasteiger partial charge in [-0.05, 0) is 208 Å². The van der Waals surface area contributed by atoms with Crippen LogP contribution in [0.15, 0.2) is 133 Å². The Balaban J connectivity index is 0.000000140. The summed E-state index contributed by atoms with van der Waals surface area (Å²) in [6.07, 6.45) is 0. The number of thiophene rings is 6. The minimum atomic E-state index is 0.848. The highest BCUT2D eigenvalue weighted by Gasteiger charge is 2.26. The molecule has 8 heterocycles. The van der Waals surface area contributed by atoms with Crippen LogP contribution in [-0.2, 0) is 0 Å². The molecule has 0 bridgehead atoms. The van der Waals surface area contributed by atoms with Crippen molar-refractivity contribution in [1.82, 2.24) is 0 Å². The lowest BCUT2D eigenvalue weighted by atomic mass is 10.1. The van der Waals surface area contributed by atoms with Gasteiger partial charge >= 0.3 is 0 Å². The van der Waals surface area contributed by atoms with Crippen LogP contribution in [0.2, 0.25) is 0 Å². The normalized spacial score (nSPS) is 12.2. The van der Waals surface area contributed by atoms with Gasteiger partial charge in [-0.15, -0.1) is 68.0 Å². The molecule has 8 aromatic heterocycles. The third-order valence-corrected chi connectivity index (χ3v) is 27.9. The smallest absolute Gasteiger partial charge is 0.154 e. The lowest BCUT2D eigenvalue weighted by molar-refractivity contribution is 0.632. The van der Waals surface area contributed by atoms with E-state index in [0.717, 1.165) is 71.9 Å². The topological polar surface area (TPSA) is 26.3 Å². The van der Waals surface area contributed by atoms with Gasteiger partial charge in [-0.1, -0.05) is 79.4 Å². The number of rotatable bonds is 4. The summed E-state index contributed by atoms with van der Waals surface area (Å²) in [5, 5.41) is 5.00. The molecule has 0 spiro atoms. The number of furan rings is 2. The van der Waals surface area contributed by atoms with E-state index in [2.05, 4.69) is 266 Å². The quantitative estimate of drug-likeness (QED) is 0.164. The van der Waals surface area contributed by atoms with Crippen molar-refractivity contribution in [2.75, 3.05) is 0 Å². The van der Waals surface area contributed by atoms with E-state index in [1.54, 1.807) is 22.7 Å². The molecule has 0 saturated carbocycles. The molecule has 0 amide bonds. The fraction of sp³-hybridized carbons (Fsp3) is 0.0714. The number of hydrogen-bond acceptors (Lipinski definition) is 8. The summed E-state index contributed by atoms with van der Waals surface area (Å²) in [5.74, 6) is 1.70. The fourth-order valence-corrected chi connectivity index (χ4v) is 23.6. The molecule has 16 heteroatoms. The molecule has 0 saturated heterocycles. The van der Waals surface area contributed by atoms with Gasteiger partial charge in [-0.2, -0.15) is 0 Å². The molecule has 14 rings (SSSR count). The van der Waals surface area contributed by atoms with Crippen LogP contribution >= 0.6 is 209 Å². The second-order valence-corrected chi connectivity index (χ2v) is 31.1. The van der Waals surface area contributed by atoms with Crippen LogP contribution in [-0.4, -0.2) is 0 Å². The van der Waals surface area contributed by atoms with Gasteiger partial charge in [-0.3, -0.25) is 0 Å². The molecule has 0 aliphatic carbocycles.